The summed E-state index contributed by atoms with van der Waals surface area (Å²) < 4.78 is 0. The number of hydrogen-bond donors (Lipinski definition) is 2. The van der Waals surface area contributed by atoms with Gasteiger partial charge in [0.1, 0.15) is 0 Å². The first-order valence-corrected chi connectivity index (χ1v) is 5.89. The fourth-order valence-corrected chi connectivity index (χ4v) is 1.85. The van der Waals surface area contributed by atoms with Crippen LogP contribution in [0.1, 0.15) is 10.4 Å². The second-order valence-electron chi connectivity index (χ2n) is 3.93. The van der Waals surface area contributed by atoms with Crippen LogP contribution in [0, 0.1) is 10.1 Å². The molecule has 0 heterocycles. The summed E-state index contributed by atoms with van der Waals surface area (Å²) in [5.41, 5.74) is 0.421. The van der Waals surface area contributed by atoms with Crippen molar-refractivity contribution in [1.82, 2.24) is 0 Å². The van der Waals surface area contributed by atoms with Gasteiger partial charge in [0, 0.05) is 22.8 Å². The van der Waals surface area contributed by atoms with Crippen molar-refractivity contribution >= 4 is 34.6 Å². The lowest BCUT2D eigenvalue weighted by atomic mass is 10.1. The molecule has 0 aliphatic heterocycles. The van der Waals surface area contributed by atoms with Crippen LogP contribution in [0.15, 0.2) is 42.5 Å². The van der Waals surface area contributed by atoms with Crippen LogP contribution >= 0.6 is 11.6 Å². The number of anilines is 2. The molecule has 0 unspecified atom stereocenters. The van der Waals surface area contributed by atoms with Crippen LogP contribution in [0.25, 0.3) is 0 Å². The second kappa shape index (κ2) is 5.58. The monoisotopic (exact) mass is 292 g/mol. The number of halogens is 1. The van der Waals surface area contributed by atoms with E-state index in [1.807, 2.05) is 0 Å². The first-order valence-electron chi connectivity index (χ1n) is 5.51. The fraction of sp³-hybridized carbons (Fsp3) is 0. The molecule has 0 aliphatic rings. The number of aromatic carboxylic acids is 1. The number of nitro benzene ring substituents is 1. The van der Waals surface area contributed by atoms with Gasteiger partial charge in [-0.3, -0.25) is 10.1 Å². The lowest BCUT2D eigenvalue weighted by Crippen LogP contribution is -2.03. The molecule has 6 nitrogen and oxygen atoms in total. The minimum atomic E-state index is -1.18. The maximum absolute atomic E-state index is 11.1. The third-order valence-corrected chi connectivity index (χ3v) is 2.78. The Hall–Kier alpha value is -2.60. The molecule has 7 heteroatoms. The lowest BCUT2D eigenvalue weighted by Gasteiger charge is -2.09. The Kier molecular flexibility index (Phi) is 3.86. The summed E-state index contributed by atoms with van der Waals surface area (Å²) in [6.45, 7) is 0. The predicted molar refractivity (Wildman–Crippen MR) is 74.8 cm³/mol. The molecular weight excluding hydrogens is 284 g/mol. The molecule has 2 N–H and O–H groups in total. The van der Waals surface area contributed by atoms with Gasteiger partial charge in [0.05, 0.1) is 16.2 Å². The highest BCUT2D eigenvalue weighted by Gasteiger charge is 2.15. The topological polar surface area (TPSA) is 92.5 Å². The van der Waals surface area contributed by atoms with Crippen molar-refractivity contribution in [1.29, 1.82) is 0 Å². The molecule has 0 aliphatic carbocycles. The summed E-state index contributed by atoms with van der Waals surface area (Å²) in [6, 6.07) is 10.1. The quantitative estimate of drug-likeness (QED) is 0.662. The number of carboxylic acid groups (broad SMARTS) is 1. The molecule has 0 saturated carbocycles. The number of benzene rings is 2. The fourth-order valence-electron chi connectivity index (χ4n) is 1.66. The number of carboxylic acids is 1. The van der Waals surface area contributed by atoms with Gasteiger partial charge in [-0.05, 0) is 24.3 Å². The Balaban J connectivity index is 2.44. The number of carbonyl (C=O) groups is 1. The smallest absolute Gasteiger partial charge is 0.337 e. The molecule has 102 valence electrons. The van der Waals surface area contributed by atoms with Crippen molar-refractivity contribution < 1.29 is 14.8 Å². The zero-order valence-electron chi connectivity index (χ0n) is 10.0. The lowest BCUT2D eigenvalue weighted by molar-refractivity contribution is -0.384. The number of rotatable bonds is 4. The van der Waals surface area contributed by atoms with Crippen LogP contribution in [0.4, 0.5) is 17.1 Å². The SMILES string of the molecule is O=C(O)c1ccc([N+](=O)[O-])cc1Nc1cccc(Cl)c1. The highest BCUT2D eigenvalue weighted by molar-refractivity contribution is 6.30. The van der Waals surface area contributed by atoms with E-state index in [0.29, 0.717) is 10.7 Å². The third kappa shape index (κ3) is 3.04. The molecule has 0 radical (unpaired) electrons. The Bertz CT molecular complexity index is 688. The van der Waals surface area contributed by atoms with Gasteiger partial charge >= 0.3 is 5.97 Å². The van der Waals surface area contributed by atoms with Gasteiger partial charge < -0.3 is 10.4 Å². The zero-order chi connectivity index (χ0) is 14.7. The van der Waals surface area contributed by atoms with E-state index in [4.69, 9.17) is 16.7 Å². The summed E-state index contributed by atoms with van der Waals surface area (Å²) in [6.07, 6.45) is 0. The zero-order valence-corrected chi connectivity index (χ0v) is 10.8. The van der Waals surface area contributed by atoms with Gasteiger partial charge in [-0.1, -0.05) is 17.7 Å². The van der Waals surface area contributed by atoms with Gasteiger partial charge in [0.2, 0.25) is 0 Å². The van der Waals surface area contributed by atoms with Crippen LogP contribution in [0.2, 0.25) is 5.02 Å². The summed E-state index contributed by atoms with van der Waals surface area (Å²) >= 11 is 5.83. The Morgan fingerprint density at radius 1 is 1.25 bits per heavy atom. The maximum Gasteiger partial charge on any atom is 0.337 e. The highest BCUT2D eigenvalue weighted by atomic mass is 35.5. The van der Waals surface area contributed by atoms with E-state index in [2.05, 4.69) is 5.32 Å². The van der Waals surface area contributed by atoms with E-state index in [0.717, 1.165) is 6.07 Å². The van der Waals surface area contributed by atoms with E-state index in [1.54, 1.807) is 24.3 Å². The van der Waals surface area contributed by atoms with E-state index < -0.39 is 10.9 Å². The van der Waals surface area contributed by atoms with E-state index in [1.165, 1.54) is 12.1 Å². The van der Waals surface area contributed by atoms with Gasteiger partial charge in [-0.25, -0.2) is 4.79 Å². The van der Waals surface area contributed by atoms with Crippen LogP contribution in [-0.2, 0) is 0 Å². The molecule has 0 aromatic heterocycles. The molecule has 2 rings (SSSR count). The highest BCUT2D eigenvalue weighted by Crippen LogP contribution is 2.27. The van der Waals surface area contributed by atoms with Gasteiger partial charge in [-0.2, -0.15) is 0 Å². The molecule has 0 atom stereocenters. The Labute approximate surface area is 118 Å². The third-order valence-electron chi connectivity index (χ3n) is 2.55. The van der Waals surface area contributed by atoms with E-state index >= 15 is 0 Å². The summed E-state index contributed by atoms with van der Waals surface area (Å²) in [5.74, 6) is -1.18. The van der Waals surface area contributed by atoms with Crippen molar-refractivity contribution in [3.05, 3.63) is 63.2 Å². The van der Waals surface area contributed by atoms with Crippen LogP contribution in [-0.4, -0.2) is 16.0 Å². The van der Waals surface area contributed by atoms with E-state index in [-0.39, 0.29) is 16.9 Å². The standard InChI is InChI=1S/C13H9ClN2O4/c14-8-2-1-3-9(6-8)15-12-7-10(16(19)20)4-5-11(12)13(17)18/h1-7,15H,(H,17,18). The molecule has 0 saturated heterocycles. The first-order chi connectivity index (χ1) is 9.47. The number of hydrogen-bond acceptors (Lipinski definition) is 4. The molecule has 0 bridgehead atoms. The van der Waals surface area contributed by atoms with Gasteiger partial charge in [0.15, 0.2) is 0 Å². The van der Waals surface area contributed by atoms with Gasteiger partial charge in [-0.15, -0.1) is 0 Å². The van der Waals surface area contributed by atoms with Gasteiger partial charge in [0.25, 0.3) is 5.69 Å². The minimum absolute atomic E-state index is 0.0597. The Morgan fingerprint density at radius 2 is 2.00 bits per heavy atom. The van der Waals surface area contributed by atoms with Crippen LogP contribution < -0.4 is 5.32 Å². The summed E-state index contributed by atoms with van der Waals surface area (Å²) in [7, 11) is 0. The molecule has 2 aromatic rings. The molecular formula is C13H9ClN2O4. The predicted octanol–water partition coefficient (Wildman–Crippen LogP) is 3.69. The first kappa shape index (κ1) is 13.8. The Morgan fingerprint density at radius 3 is 2.60 bits per heavy atom. The number of nitrogens with zero attached hydrogens (tertiary/aromatic N) is 1. The normalized spacial score (nSPS) is 10.1. The largest absolute Gasteiger partial charge is 0.478 e. The second-order valence-corrected chi connectivity index (χ2v) is 4.36. The van der Waals surface area contributed by atoms with Crippen LogP contribution in [0.5, 0.6) is 0 Å². The average Bonchev–Trinajstić information content (AvgIpc) is 2.38. The molecule has 0 fully saturated rings. The van der Waals surface area contributed by atoms with Crippen molar-refractivity contribution in [2.24, 2.45) is 0 Å². The summed E-state index contributed by atoms with van der Waals surface area (Å²) in [4.78, 5) is 21.3. The molecule has 0 spiro atoms. The van der Waals surface area contributed by atoms with Crippen molar-refractivity contribution in [3.63, 3.8) is 0 Å². The summed E-state index contributed by atoms with van der Waals surface area (Å²) in [5, 5.41) is 23.1. The number of non-ortho nitro benzene ring substituents is 1. The van der Waals surface area contributed by atoms with Crippen molar-refractivity contribution in [2.75, 3.05) is 5.32 Å². The molecule has 2 aromatic carbocycles. The van der Waals surface area contributed by atoms with Crippen LogP contribution in [0.3, 0.4) is 0 Å². The molecule has 0 amide bonds. The average molecular weight is 293 g/mol. The number of nitrogens with one attached hydrogen (secondary N) is 1. The maximum atomic E-state index is 11.1. The van der Waals surface area contributed by atoms with Crippen molar-refractivity contribution in [2.45, 2.75) is 0 Å². The molecule has 20 heavy (non-hydrogen) atoms. The number of nitro groups is 1. The van der Waals surface area contributed by atoms with Crippen molar-refractivity contribution in [3.8, 4) is 0 Å². The minimum Gasteiger partial charge on any atom is -0.478 e. The van der Waals surface area contributed by atoms with E-state index in [9.17, 15) is 14.9 Å².